The molecule has 0 aliphatic rings. The van der Waals surface area contributed by atoms with E-state index in [1.807, 2.05) is 26.0 Å². The Morgan fingerprint density at radius 2 is 1.68 bits per heavy atom. The van der Waals surface area contributed by atoms with Gasteiger partial charge in [0, 0.05) is 17.0 Å². The third-order valence-electron chi connectivity index (χ3n) is 6.26. The topological polar surface area (TPSA) is 71.3 Å². The molecular formula is C29H26Cl3FN2O3. The quantitative estimate of drug-likeness (QED) is 0.218. The van der Waals surface area contributed by atoms with Crippen LogP contribution in [-0.4, -0.2) is 28.2 Å². The Bertz CT molecular complexity index is 1550. The highest BCUT2D eigenvalue weighted by atomic mass is 35.5. The molecule has 4 rings (SSSR count). The van der Waals surface area contributed by atoms with Crippen LogP contribution in [0.4, 0.5) is 4.39 Å². The van der Waals surface area contributed by atoms with Crippen LogP contribution < -0.4 is 10.9 Å². The van der Waals surface area contributed by atoms with Crippen LogP contribution in [0.5, 0.6) is 0 Å². The summed E-state index contributed by atoms with van der Waals surface area (Å²) in [6.45, 7) is 4.33. The zero-order valence-corrected chi connectivity index (χ0v) is 23.0. The molecule has 0 saturated carbocycles. The predicted molar refractivity (Wildman–Crippen MR) is 153 cm³/mol. The summed E-state index contributed by atoms with van der Waals surface area (Å²) >= 11 is 19.4. The van der Waals surface area contributed by atoms with Gasteiger partial charge >= 0.3 is 5.97 Å². The fraction of sp³-hybridized carbons (Fsp3) is 0.241. The highest BCUT2D eigenvalue weighted by Crippen LogP contribution is 2.37. The van der Waals surface area contributed by atoms with Crippen molar-refractivity contribution >= 4 is 51.7 Å². The van der Waals surface area contributed by atoms with Gasteiger partial charge in [0.1, 0.15) is 11.9 Å². The van der Waals surface area contributed by atoms with E-state index in [1.165, 1.54) is 22.8 Å². The molecular weight excluding hydrogens is 550 g/mol. The Balaban J connectivity index is 1.89. The minimum absolute atomic E-state index is 0.214. The van der Waals surface area contributed by atoms with Gasteiger partial charge in [0.05, 0.1) is 26.3 Å². The first kappa shape index (κ1) is 28.1. The van der Waals surface area contributed by atoms with Gasteiger partial charge in [0.2, 0.25) is 0 Å². The molecule has 0 aliphatic heterocycles. The van der Waals surface area contributed by atoms with Gasteiger partial charge in [-0.1, -0.05) is 60.8 Å². The number of carboxylic acid groups (broad SMARTS) is 1. The number of aromatic nitrogens is 1. The number of fused-ring (bicyclic) bond motifs is 1. The van der Waals surface area contributed by atoms with Crippen molar-refractivity contribution in [3.05, 3.63) is 97.5 Å². The number of halogens is 4. The zero-order valence-electron chi connectivity index (χ0n) is 20.8. The Morgan fingerprint density at radius 1 is 0.974 bits per heavy atom. The van der Waals surface area contributed by atoms with E-state index in [-0.39, 0.29) is 16.5 Å². The molecule has 0 unspecified atom stereocenters. The van der Waals surface area contributed by atoms with Gasteiger partial charge in [-0.05, 0) is 78.9 Å². The van der Waals surface area contributed by atoms with Crippen LogP contribution in [0, 0.1) is 11.7 Å². The van der Waals surface area contributed by atoms with E-state index in [2.05, 4.69) is 5.32 Å². The van der Waals surface area contributed by atoms with E-state index in [9.17, 15) is 19.1 Å². The van der Waals surface area contributed by atoms with Gasteiger partial charge in [-0.25, -0.2) is 4.39 Å². The number of benzene rings is 3. The second-order valence-electron chi connectivity index (χ2n) is 9.50. The van der Waals surface area contributed by atoms with Gasteiger partial charge in [0.15, 0.2) is 0 Å². The second-order valence-corrected chi connectivity index (χ2v) is 10.7. The summed E-state index contributed by atoms with van der Waals surface area (Å²) in [6, 6.07) is 15.4. The number of para-hydroxylation sites is 1. The van der Waals surface area contributed by atoms with Crippen LogP contribution in [-0.2, 0) is 11.2 Å². The molecule has 1 heterocycles. The Kier molecular flexibility index (Phi) is 8.78. The van der Waals surface area contributed by atoms with E-state index in [0.717, 1.165) is 5.56 Å². The Labute approximate surface area is 234 Å². The molecule has 2 N–H and O–H groups in total. The highest BCUT2D eigenvalue weighted by Gasteiger charge is 2.20. The summed E-state index contributed by atoms with van der Waals surface area (Å²) < 4.78 is 15.3. The van der Waals surface area contributed by atoms with Gasteiger partial charge < -0.3 is 10.4 Å². The Morgan fingerprint density at radius 3 is 2.32 bits per heavy atom. The maximum atomic E-state index is 13.9. The van der Waals surface area contributed by atoms with Crippen molar-refractivity contribution < 1.29 is 14.3 Å². The molecule has 0 radical (unpaired) electrons. The largest absolute Gasteiger partial charge is 0.480 e. The van der Waals surface area contributed by atoms with Crippen LogP contribution in [0.3, 0.4) is 0 Å². The van der Waals surface area contributed by atoms with Crippen molar-refractivity contribution in [2.24, 2.45) is 5.92 Å². The number of nitrogens with zero attached hydrogens (tertiary/aromatic N) is 1. The van der Waals surface area contributed by atoms with Crippen LogP contribution in [0.1, 0.15) is 25.8 Å². The van der Waals surface area contributed by atoms with E-state index in [1.54, 1.807) is 30.3 Å². The summed E-state index contributed by atoms with van der Waals surface area (Å²) in [5.74, 6) is -1.16. The second kappa shape index (κ2) is 11.9. The number of carboxylic acids is 1. The average Bonchev–Trinajstić information content (AvgIpc) is 2.84. The molecule has 38 heavy (non-hydrogen) atoms. The maximum absolute atomic E-state index is 13.9. The monoisotopic (exact) mass is 574 g/mol. The van der Waals surface area contributed by atoms with Gasteiger partial charge in [-0.15, -0.1) is 0 Å². The lowest BCUT2D eigenvalue weighted by molar-refractivity contribution is -0.139. The molecule has 1 aromatic heterocycles. The molecule has 0 fully saturated rings. The first-order valence-electron chi connectivity index (χ1n) is 12.1. The van der Waals surface area contributed by atoms with Crippen LogP contribution in [0.2, 0.25) is 15.1 Å². The minimum Gasteiger partial charge on any atom is -0.480 e. The molecule has 198 valence electrons. The summed E-state index contributed by atoms with van der Waals surface area (Å²) in [6.07, 6.45) is 0.955. The van der Waals surface area contributed by atoms with Crippen LogP contribution in [0.15, 0.2) is 65.5 Å². The average molecular weight is 576 g/mol. The fourth-order valence-electron chi connectivity index (χ4n) is 4.55. The predicted octanol–water partition coefficient (Wildman–Crippen LogP) is 7.39. The fourth-order valence-corrected chi connectivity index (χ4v) is 5.38. The van der Waals surface area contributed by atoms with Crippen molar-refractivity contribution in [1.29, 1.82) is 0 Å². The number of hydrogen-bond donors (Lipinski definition) is 2. The lowest BCUT2D eigenvalue weighted by Gasteiger charge is -2.19. The SMILES string of the molecule is CC(C)C[C@H](NCCc1cc(-c2ccc(F)cc2Cl)c2ccc(=O)n(-c3c(Cl)cccc3Cl)c2c1)C(=O)O. The van der Waals surface area contributed by atoms with E-state index < -0.39 is 17.8 Å². The number of rotatable bonds is 9. The number of carbonyl (C=O) groups is 1. The number of nitrogens with one attached hydrogen (secondary N) is 1. The third-order valence-corrected chi connectivity index (χ3v) is 7.19. The molecule has 4 aromatic rings. The van der Waals surface area contributed by atoms with E-state index >= 15 is 0 Å². The van der Waals surface area contributed by atoms with E-state index in [4.69, 9.17) is 34.8 Å². The molecule has 1 atom stereocenters. The summed E-state index contributed by atoms with van der Waals surface area (Å²) in [7, 11) is 0. The highest BCUT2D eigenvalue weighted by molar-refractivity contribution is 6.38. The molecule has 0 amide bonds. The molecule has 0 spiro atoms. The summed E-state index contributed by atoms with van der Waals surface area (Å²) in [4.78, 5) is 24.9. The van der Waals surface area contributed by atoms with Crippen molar-refractivity contribution in [1.82, 2.24) is 9.88 Å². The summed E-state index contributed by atoms with van der Waals surface area (Å²) in [5, 5.41) is 14.2. The normalized spacial score (nSPS) is 12.3. The first-order chi connectivity index (χ1) is 18.1. The molecule has 5 nitrogen and oxygen atoms in total. The van der Waals surface area contributed by atoms with Gasteiger partial charge in [-0.2, -0.15) is 0 Å². The number of hydrogen-bond acceptors (Lipinski definition) is 3. The zero-order chi connectivity index (χ0) is 27.6. The van der Waals surface area contributed by atoms with Crippen molar-refractivity contribution in [2.75, 3.05) is 6.54 Å². The first-order valence-corrected chi connectivity index (χ1v) is 13.2. The molecule has 3 aromatic carbocycles. The maximum Gasteiger partial charge on any atom is 0.320 e. The minimum atomic E-state index is -0.904. The number of pyridine rings is 1. The Hall–Kier alpha value is -2.90. The standard InChI is InChI=1S/C29H26Cl3FN2O3/c1-16(2)12-25(29(37)38)34-11-10-17-13-21(19-7-6-18(33)15-24(19)32)20-8-9-27(36)35(26(20)14-17)28-22(30)4-3-5-23(28)31/h3-9,13-16,25,34H,10-12H2,1-2H3,(H,37,38)/t25-/m0/s1. The smallest absolute Gasteiger partial charge is 0.320 e. The number of aliphatic carboxylic acids is 1. The summed E-state index contributed by atoms with van der Waals surface area (Å²) in [5.41, 5.74) is 2.65. The lowest BCUT2D eigenvalue weighted by Crippen LogP contribution is -2.38. The third kappa shape index (κ3) is 6.05. The molecule has 0 bridgehead atoms. The van der Waals surface area contributed by atoms with Crippen LogP contribution in [0.25, 0.3) is 27.7 Å². The van der Waals surface area contributed by atoms with Crippen molar-refractivity contribution in [3.8, 4) is 16.8 Å². The lowest BCUT2D eigenvalue weighted by atomic mass is 9.96. The van der Waals surface area contributed by atoms with Gasteiger partial charge in [0.25, 0.3) is 5.56 Å². The molecule has 0 aliphatic carbocycles. The molecule has 0 saturated heterocycles. The van der Waals surface area contributed by atoms with E-state index in [0.29, 0.717) is 57.1 Å². The van der Waals surface area contributed by atoms with Crippen molar-refractivity contribution in [3.63, 3.8) is 0 Å². The van der Waals surface area contributed by atoms with Gasteiger partial charge in [-0.3, -0.25) is 14.2 Å². The van der Waals surface area contributed by atoms with Crippen molar-refractivity contribution in [2.45, 2.75) is 32.7 Å². The molecule has 9 heteroatoms. The van der Waals surface area contributed by atoms with Crippen LogP contribution >= 0.6 is 34.8 Å².